The van der Waals surface area contributed by atoms with Gasteiger partial charge in [0.1, 0.15) is 17.6 Å². The Balaban J connectivity index is 1.55. The van der Waals surface area contributed by atoms with E-state index < -0.39 is 5.97 Å². The zero-order chi connectivity index (χ0) is 19.2. The van der Waals surface area contributed by atoms with Crippen LogP contribution in [0.2, 0.25) is 0 Å². The van der Waals surface area contributed by atoms with Gasteiger partial charge >= 0.3 is 5.97 Å². The van der Waals surface area contributed by atoms with Gasteiger partial charge in [-0.05, 0) is 41.0 Å². The van der Waals surface area contributed by atoms with Crippen LogP contribution in [0.1, 0.15) is 67.9 Å². The number of carboxylic acid groups (broad SMARTS) is 1. The fourth-order valence-corrected chi connectivity index (χ4v) is 4.32. The number of benzene rings is 2. The van der Waals surface area contributed by atoms with Crippen LogP contribution in [0.5, 0.6) is 11.5 Å². The number of ether oxygens (including phenoxy) is 2. The van der Waals surface area contributed by atoms with Crippen LogP contribution in [0, 0.1) is 0 Å². The maximum absolute atomic E-state index is 11.0. The summed E-state index contributed by atoms with van der Waals surface area (Å²) in [4.78, 5) is 11.0. The third-order valence-electron chi connectivity index (χ3n) is 5.59. The Labute approximate surface area is 160 Å². The molecule has 0 radical (unpaired) electrons. The largest absolute Gasteiger partial charge is 0.492 e. The standard InChI is InChI=1S/C23H26O4/c1-23(2,3)19-6-4-5-18-17(19)9-10-20(18)27-15-7-8-16-14(11-22(24)25)13-26-21(16)12-15/h4-8,12,14,20H,9-11,13H2,1-3H3,(H,24,25)/t14-,20-/m1/s1. The number of carbonyl (C=O) groups is 1. The number of fused-ring (bicyclic) bond motifs is 2. The fraction of sp³-hybridized carbons (Fsp3) is 0.435. The van der Waals surface area contributed by atoms with Crippen LogP contribution in [0.4, 0.5) is 0 Å². The molecule has 0 bridgehead atoms. The molecule has 1 aliphatic heterocycles. The third-order valence-corrected chi connectivity index (χ3v) is 5.59. The molecule has 4 heteroatoms. The van der Waals surface area contributed by atoms with E-state index in [-0.39, 0.29) is 23.9 Å². The van der Waals surface area contributed by atoms with Crippen LogP contribution in [-0.4, -0.2) is 17.7 Å². The zero-order valence-corrected chi connectivity index (χ0v) is 16.1. The Kier molecular flexibility index (Phi) is 4.37. The minimum Gasteiger partial charge on any atom is -0.492 e. The van der Waals surface area contributed by atoms with E-state index in [0.29, 0.717) is 6.61 Å². The summed E-state index contributed by atoms with van der Waals surface area (Å²) in [7, 11) is 0. The first-order valence-electron chi connectivity index (χ1n) is 9.60. The molecule has 27 heavy (non-hydrogen) atoms. The van der Waals surface area contributed by atoms with Gasteiger partial charge in [0.2, 0.25) is 0 Å². The quantitative estimate of drug-likeness (QED) is 0.827. The molecule has 0 saturated heterocycles. The van der Waals surface area contributed by atoms with Crippen molar-refractivity contribution >= 4 is 5.97 Å². The average molecular weight is 366 g/mol. The molecule has 0 fully saturated rings. The highest BCUT2D eigenvalue weighted by Crippen LogP contribution is 2.42. The van der Waals surface area contributed by atoms with Crippen LogP contribution in [0.3, 0.4) is 0 Å². The van der Waals surface area contributed by atoms with Crippen molar-refractivity contribution in [3.05, 3.63) is 58.7 Å². The van der Waals surface area contributed by atoms with Crippen molar-refractivity contribution in [3.8, 4) is 11.5 Å². The SMILES string of the molecule is CC(C)(C)c1cccc2c1CC[C@H]2Oc1ccc2c(c1)OC[C@H]2CC(=O)O. The first-order chi connectivity index (χ1) is 12.8. The molecular weight excluding hydrogens is 340 g/mol. The third kappa shape index (κ3) is 3.41. The van der Waals surface area contributed by atoms with Gasteiger partial charge in [-0.2, -0.15) is 0 Å². The first-order valence-corrected chi connectivity index (χ1v) is 9.60. The number of aliphatic carboxylic acids is 1. The highest BCUT2D eigenvalue weighted by Gasteiger charge is 2.31. The van der Waals surface area contributed by atoms with Crippen molar-refractivity contribution in [2.75, 3.05) is 6.61 Å². The highest BCUT2D eigenvalue weighted by atomic mass is 16.5. The fourth-order valence-electron chi connectivity index (χ4n) is 4.32. The average Bonchev–Trinajstić information content (AvgIpc) is 3.18. The van der Waals surface area contributed by atoms with E-state index >= 15 is 0 Å². The van der Waals surface area contributed by atoms with Crippen molar-refractivity contribution < 1.29 is 19.4 Å². The Bertz CT molecular complexity index is 878. The van der Waals surface area contributed by atoms with E-state index in [1.54, 1.807) is 0 Å². The summed E-state index contributed by atoms with van der Waals surface area (Å²) in [5, 5.41) is 9.04. The second-order valence-electron chi connectivity index (χ2n) is 8.57. The number of hydrogen-bond acceptors (Lipinski definition) is 3. The van der Waals surface area contributed by atoms with Gasteiger partial charge in [0.05, 0.1) is 13.0 Å². The predicted molar refractivity (Wildman–Crippen MR) is 104 cm³/mol. The molecule has 1 aliphatic carbocycles. The van der Waals surface area contributed by atoms with E-state index in [9.17, 15) is 4.79 Å². The Hall–Kier alpha value is -2.49. The number of hydrogen-bond donors (Lipinski definition) is 1. The van der Waals surface area contributed by atoms with Crippen molar-refractivity contribution in [3.63, 3.8) is 0 Å². The summed E-state index contributed by atoms with van der Waals surface area (Å²) in [6.45, 7) is 7.18. The van der Waals surface area contributed by atoms with Gasteiger partial charge in [0.15, 0.2) is 0 Å². The summed E-state index contributed by atoms with van der Waals surface area (Å²) < 4.78 is 12.0. The van der Waals surface area contributed by atoms with Gasteiger partial charge in [-0.3, -0.25) is 4.79 Å². The predicted octanol–water partition coefficient (Wildman–Crippen LogP) is 5.00. The molecule has 4 rings (SSSR count). The molecule has 4 nitrogen and oxygen atoms in total. The Morgan fingerprint density at radius 2 is 2.04 bits per heavy atom. The monoisotopic (exact) mass is 366 g/mol. The van der Waals surface area contributed by atoms with Crippen molar-refractivity contribution in [1.82, 2.24) is 0 Å². The maximum Gasteiger partial charge on any atom is 0.304 e. The molecule has 0 saturated carbocycles. The first kappa shape index (κ1) is 17.9. The number of carboxylic acids is 1. The molecule has 142 valence electrons. The molecule has 0 amide bonds. The molecule has 0 spiro atoms. The molecule has 1 heterocycles. The molecule has 2 atom stereocenters. The topological polar surface area (TPSA) is 55.8 Å². The highest BCUT2D eigenvalue weighted by molar-refractivity contribution is 5.68. The second-order valence-corrected chi connectivity index (χ2v) is 8.57. The molecule has 2 aromatic carbocycles. The minimum atomic E-state index is -0.797. The summed E-state index contributed by atoms with van der Waals surface area (Å²) in [5.41, 5.74) is 5.20. The van der Waals surface area contributed by atoms with Gasteiger partial charge in [-0.1, -0.05) is 45.0 Å². The molecule has 0 aromatic heterocycles. The summed E-state index contributed by atoms with van der Waals surface area (Å²) in [5.74, 6) is 0.659. The normalized spacial score (nSPS) is 20.7. The van der Waals surface area contributed by atoms with Crippen LogP contribution < -0.4 is 9.47 Å². The van der Waals surface area contributed by atoms with Crippen LogP contribution in [0.15, 0.2) is 36.4 Å². The van der Waals surface area contributed by atoms with Crippen molar-refractivity contribution in [2.24, 2.45) is 0 Å². The minimum absolute atomic E-state index is 0.0524. The van der Waals surface area contributed by atoms with Crippen LogP contribution in [0.25, 0.3) is 0 Å². The van der Waals surface area contributed by atoms with E-state index in [1.807, 2.05) is 18.2 Å². The number of rotatable bonds is 4. The van der Waals surface area contributed by atoms with Gasteiger partial charge in [-0.15, -0.1) is 0 Å². The van der Waals surface area contributed by atoms with E-state index in [1.165, 1.54) is 16.7 Å². The lowest BCUT2D eigenvalue weighted by Crippen LogP contribution is -2.14. The molecule has 1 N–H and O–H groups in total. The van der Waals surface area contributed by atoms with E-state index in [4.69, 9.17) is 14.6 Å². The van der Waals surface area contributed by atoms with Crippen LogP contribution >= 0.6 is 0 Å². The van der Waals surface area contributed by atoms with Crippen molar-refractivity contribution in [1.29, 1.82) is 0 Å². The smallest absolute Gasteiger partial charge is 0.304 e. The second kappa shape index (κ2) is 6.59. The van der Waals surface area contributed by atoms with Gasteiger partial charge in [-0.25, -0.2) is 0 Å². The molecule has 2 aliphatic rings. The lowest BCUT2D eigenvalue weighted by molar-refractivity contribution is -0.137. The molecule has 2 aromatic rings. The summed E-state index contributed by atoms with van der Waals surface area (Å²) in [6, 6.07) is 12.3. The van der Waals surface area contributed by atoms with Gasteiger partial charge < -0.3 is 14.6 Å². The summed E-state index contributed by atoms with van der Waals surface area (Å²) >= 11 is 0. The van der Waals surface area contributed by atoms with E-state index in [2.05, 4.69) is 39.0 Å². The summed E-state index contributed by atoms with van der Waals surface area (Å²) in [6.07, 6.45) is 2.16. The van der Waals surface area contributed by atoms with Crippen molar-refractivity contribution in [2.45, 2.75) is 57.5 Å². The van der Waals surface area contributed by atoms with E-state index in [0.717, 1.165) is 29.9 Å². The lowest BCUT2D eigenvalue weighted by Gasteiger charge is -2.23. The molecular formula is C23H26O4. The Morgan fingerprint density at radius 3 is 2.78 bits per heavy atom. The lowest BCUT2D eigenvalue weighted by atomic mass is 9.82. The maximum atomic E-state index is 11.0. The zero-order valence-electron chi connectivity index (χ0n) is 16.1. The molecule has 0 unspecified atom stereocenters. The van der Waals surface area contributed by atoms with Gasteiger partial charge in [0.25, 0.3) is 0 Å². The van der Waals surface area contributed by atoms with Gasteiger partial charge in [0, 0.05) is 17.5 Å². The van der Waals surface area contributed by atoms with Crippen LogP contribution in [-0.2, 0) is 16.6 Å². The Morgan fingerprint density at radius 1 is 1.22 bits per heavy atom.